The van der Waals surface area contributed by atoms with Crippen molar-refractivity contribution in [1.29, 1.82) is 0 Å². The molecule has 0 saturated heterocycles. The third kappa shape index (κ3) is 11.0. The van der Waals surface area contributed by atoms with Crippen molar-refractivity contribution in [2.45, 2.75) is 26.2 Å². The molecule has 6 nitrogen and oxygen atoms in total. The van der Waals surface area contributed by atoms with E-state index in [4.69, 9.17) is 4.74 Å². The number of carbonyl (C=O) groups excluding carboxylic acids is 1. The molecule has 7 heteroatoms. The molecule has 0 radical (unpaired) electrons. The molecular weight excluding hydrogens is 282 g/mol. The maximum absolute atomic E-state index is 11.1. The lowest BCUT2D eigenvalue weighted by molar-refractivity contribution is -0.890. The van der Waals surface area contributed by atoms with E-state index in [2.05, 4.69) is 6.58 Å². The zero-order valence-electron chi connectivity index (χ0n) is 12.6. The molecule has 0 spiro atoms. The summed E-state index contributed by atoms with van der Waals surface area (Å²) in [7, 11) is -0.152. The molecule has 0 aliphatic rings. The first-order chi connectivity index (χ1) is 9.03. The maximum atomic E-state index is 11.1. The summed E-state index contributed by atoms with van der Waals surface area (Å²) >= 11 is 0. The van der Waals surface area contributed by atoms with Crippen LogP contribution in [0.4, 0.5) is 0 Å². The summed E-state index contributed by atoms with van der Waals surface area (Å²) in [6.45, 7) is 6.93. The van der Waals surface area contributed by atoms with Crippen LogP contribution in [-0.4, -0.2) is 63.0 Å². The number of hydrogen-bond donors (Lipinski definition) is 0. The molecule has 0 rings (SSSR count). The van der Waals surface area contributed by atoms with Gasteiger partial charge >= 0.3 is 5.97 Å². The minimum Gasteiger partial charge on any atom is -0.748 e. The number of unbranched alkanes of at least 4 members (excludes halogenated alkanes) is 1. The van der Waals surface area contributed by atoms with E-state index < -0.39 is 10.1 Å². The Labute approximate surface area is 121 Å². The van der Waals surface area contributed by atoms with Crippen LogP contribution in [0.15, 0.2) is 12.2 Å². The summed E-state index contributed by atoms with van der Waals surface area (Å²) in [5.74, 6) is -0.690. The third-order valence-electron chi connectivity index (χ3n) is 2.90. The van der Waals surface area contributed by atoms with Gasteiger partial charge in [-0.25, -0.2) is 13.2 Å². The Bertz CT molecular complexity index is 428. The lowest BCUT2D eigenvalue weighted by Gasteiger charge is -2.30. The van der Waals surface area contributed by atoms with Crippen molar-refractivity contribution in [3.63, 3.8) is 0 Å². The van der Waals surface area contributed by atoms with Crippen LogP contribution in [0.25, 0.3) is 0 Å². The molecule has 0 bridgehead atoms. The van der Waals surface area contributed by atoms with Gasteiger partial charge in [0.05, 0.1) is 43.9 Å². The Hall–Kier alpha value is -0.920. The van der Waals surface area contributed by atoms with Gasteiger partial charge in [-0.1, -0.05) is 6.58 Å². The molecular formula is C13H25NO5S. The zero-order chi connectivity index (χ0) is 15.8. The van der Waals surface area contributed by atoms with Gasteiger partial charge in [0.1, 0.15) is 0 Å². The van der Waals surface area contributed by atoms with Crippen molar-refractivity contribution < 1.29 is 27.0 Å². The monoisotopic (exact) mass is 307 g/mol. The second kappa shape index (κ2) is 8.39. The number of esters is 1. The van der Waals surface area contributed by atoms with E-state index in [1.54, 1.807) is 6.92 Å². The molecule has 0 aliphatic carbocycles. The van der Waals surface area contributed by atoms with Crippen LogP contribution < -0.4 is 0 Å². The van der Waals surface area contributed by atoms with E-state index in [0.717, 1.165) is 19.4 Å². The van der Waals surface area contributed by atoms with E-state index >= 15 is 0 Å². The largest absolute Gasteiger partial charge is 0.748 e. The predicted octanol–water partition coefficient (Wildman–Crippen LogP) is 0.898. The normalized spacial score (nSPS) is 12.2. The van der Waals surface area contributed by atoms with Crippen LogP contribution in [-0.2, 0) is 19.6 Å². The average molecular weight is 307 g/mol. The number of ether oxygens (including phenoxy) is 1. The highest BCUT2D eigenvalue weighted by molar-refractivity contribution is 7.85. The van der Waals surface area contributed by atoms with E-state index in [1.165, 1.54) is 0 Å². The van der Waals surface area contributed by atoms with Gasteiger partial charge in [-0.3, -0.25) is 0 Å². The maximum Gasteiger partial charge on any atom is 0.333 e. The topological polar surface area (TPSA) is 83.5 Å². The van der Waals surface area contributed by atoms with Crippen molar-refractivity contribution in [3.8, 4) is 0 Å². The first kappa shape index (κ1) is 19.1. The number of carbonyl (C=O) groups is 1. The fourth-order valence-corrected chi connectivity index (χ4v) is 2.19. The Balaban J connectivity index is 3.77. The Morgan fingerprint density at radius 1 is 1.20 bits per heavy atom. The van der Waals surface area contributed by atoms with Crippen LogP contribution in [0.2, 0.25) is 0 Å². The quantitative estimate of drug-likeness (QED) is 0.197. The van der Waals surface area contributed by atoms with Crippen molar-refractivity contribution in [2.75, 3.05) is 39.5 Å². The molecule has 0 atom stereocenters. The Kier molecular flexibility index (Phi) is 8.00. The number of rotatable bonds is 10. The molecule has 0 saturated carbocycles. The van der Waals surface area contributed by atoms with Crippen LogP contribution in [0.1, 0.15) is 26.2 Å². The molecule has 0 amide bonds. The van der Waals surface area contributed by atoms with Gasteiger partial charge in [0.25, 0.3) is 0 Å². The summed E-state index contributed by atoms with van der Waals surface area (Å²) in [4.78, 5) is 11.1. The van der Waals surface area contributed by atoms with Gasteiger partial charge < -0.3 is 13.8 Å². The molecule has 0 N–H and O–H groups in total. The average Bonchev–Trinajstić information content (AvgIpc) is 2.25. The van der Waals surface area contributed by atoms with Crippen molar-refractivity contribution in [3.05, 3.63) is 12.2 Å². The second-order valence-electron chi connectivity index (χ2n) is 5.62. The zero-order valence-corrected chi connectivity index (χ0v) is 13.4. The van der Waals surface area contributed by atoms with Crippen LogP contribution in [0, 0.1) is 0 Å². The van der Waals surface area contributed by atoms with E-state index in [1.807, 2.05) is 14.1 Å². The minimum absolute atomic E-state index is 0.315. The standard InChI is InChI=1S/C13H25NO5S/c1-12(2)13(15)19-10-6-5-8-14(3,4)9-7-11-20(16,17)18/h1,5-11H2,2-4H3. The van der Waals surface area contributed by atoms with Crippen LogP contribution in [0.5, 0.6) is 0 Å². The lowest BCUT2D eigenvalue weighted by Crippen LogP contribution is -2.41. The Morgan fingerprint density at radius 2 is 1.75 bits per heavy atom. The van der Waals surface area contributed by atoms with Gasteiger partial charge in [0.2, 0.25) is 0 Å². The summed E-state index contributed by atoms with van der Waals surface area (Å²) < 4.78 is 37.2. The van der Waals surface area contributed by atoms with E-state index in [9.17, 15) is 17.8 Å². The van der Waals surface area contributed by atoms with Crippen molar-refractivity contribution in [2.24, 2.45) is 0 Å². The summed E-state index contributed by atoms with van der Waals surface area (Å²) in [5, 5.41) is 0. The molecule has 20 heavy (non-hydrogen) atoms. The molecule has 0 aromatic heterocycles. The van der Waals surface area contributed by atoms with Crippen molar-refractivity contribution in [1.82, 2.24) is 0 Å². The number of nitrogens with zero attached hydrogens (tertiary/aromatic N) is 1. The Morgan fingerprint density at radius 3 is 2.25 bits per heavy atom. The van der Waals surface area contributed by atoms with Gasteiger partial charge in [-0.05, 0) is 19.8 Å². The van der Waals surface area contributed by atoms with Gasteiger partial charge in [0, 0.05) is 17.7 Å². The highest BCUT2D eigenvalue weighted by Gasteiger charge is 2.14. The molecule has 0 aliphatic heterocycles. The smallest absolute Gasteiger partial charge is 0.333 e. The molecule has 0 aromatic carbocycles. The highest BCUT2D eigenvalue weighted by atomic mass is 32.2. The second-order valence-corrected chi connectivity index (χ2v) is 7.15. The van der Waals surface area contributed by atoms with Gasteiger partial charge in [-0.2, -0.15) is 0 Å². The fraction of sp³-hybridized carbons (Fsp3) is 0.769. The lowest BCUT2D eigenvalue weighted by atomic mass is 10.2. The van der Waals surface area contributed by atoms with Gasteiger partial charge in [0.15, 0.2) is 0 Å². The third-order valence-corrected chi connectivity index (χ3v) is 3.69. The van der Waals surface area contributed by atoms with Crippen molar-refractivity contribution >= 4 is 16.1 Å². The molecule has 0 aromatic rings. The van der Waals surface area contributed by atoms with Gasteiger partial charge in [-0.15, -0.1) is 0 Å². The summed E-state index contributed by atoms with van der Waals surface area (Å²) in [5.41, 5.74) is 0.389. The molecule has 0 fully saturated rings. The minimum atomic E-state index is -4.12. The SMILES string of the molecule is C=C(C)C(=O)OCCCC[N+](C)(C)CCCS(=O)(=O)[O-]. The first-order valence-corrected chi connectivity index (χ1v) is 8.19. The predicted molar refractivity (Wildman–Crippen MR) is 76.0 cm³/mol. The number of hydrogen-bond acceptors (Lipinski definition) is 5. The molecule has 118 valence electrons. The van der Waals surface area contributed by atoms with E-state index in [0.29, 0.717) is 29.6 Å². The molecule has 0 heterocycles. The summed E-state index contributed by atoms with van der Waals surface area (Å²) in [6.07, 6.45) is 1.98. The molecule has 0 unspecified atom stereocenters. The van der Waals surface area contributed by atoms with Crippen LogP contribution in [0.3, 0.4) is 0 Å². The first-order valence-electron chi connectivity index (χ1n) is 6.62. The van der Waals surface area contributed by atoms with E-state index in [-0.39, 0.29) is 11.7 Å². The highest BCUT2D eigenvalue weighted by Crippen LogP contribution is 2.05. The number of quaternary nitrogens is 1. The van der Waals surface area contributed by atoms with Crippen LogP contribution >= 0.6 is 0 Å². The fourth-order valence-electron chi connectivity index (χ4n) is 1.71. The summed E-state index contributed by atoms with van der Waals surface area (Å²) in [6, 6.07) is 0.